The highest BCUT2D eigenvalue weighted by molar-refractivity contribution is 7.92. The zero-order chi connectivity index (χ0) is 20.4. The fourth-order valence-electron chi connectivity index (χ4n) is 3.06. The summed E-state index contributed by atoms with van der Waals surface area (Å²) in [6, 6.07) is 17.7. The molecule has 0 spiro atoms. The van der Waals surface area contributed by atoms with E-state index in [4.69, 9.17) is 4.74 Å². The van der Waals surface area contributed by atoms with Gasteiger partial charge >= 0.3 is 5.97 Å². The van der Waals surface area contributed by atoms with Crippen molar-refractivity contribution in [2.24, 2.45) is 5.92 Å². The van der Waals surface area contributed by atoms with Crippen LogP contribution in [0.5, 0.6) is 0 Å². The van der Waals surface area contributed by atoms with Gasteiger partial charge in [-0.05, 0) is 43.4 Å². The first-order valence-corrected chi connectivity index (χ1v) is 11.2. The van der Waals surface area contributed by atoms with Crippen molar-refractivity contribution in [1.82, 2.24) is 0 Å². The van der Waals surface area contributed by atoms with E-state index >= 15 is 0 Å². The number of aliphatic carboxylic acids is 1. The molecule has 2 rings (SSSR count). The van der Waals surface area contributed by atoms with Gasteiger partial charge in [-0.1, -0.05) is 61.9 Å². The summed E-state index contributed by atoms with van der Waals surface area (Å²) in [5.41, 5.74) is -0.296. The molecule has 2 aromatic rings. The molecule has 0 heterocycles. The number of unbranched alkanes of at least 4 members (excludes halogenated alkanes) is 1. The Labute approximate surface area is 167 Å². The number of rotatable bonds is 12. The molecule has 2 aromatic carbocycles. The number of carboxylic acid groups (broad SMARTS) is 1. The minimum Gasteiger partial charge on any atom is -0.481 e. The maximum absolute atomic E-state index is 13.1. The van der Waals surface area contributed by atoms with E-state index in [1.54, 1.807) is 18.2 Å². The van der Waals surface area contributed by atoms with Crippen LogP contribution in [-0.2, 0) is 25.8 Å². The molecule has 0 aliphatic heterocycles. The first-order chi connectivity index (χ1) is 13.5. The third-order valence-electron chi connectivity index (χ3n) is 4.63. The van der Waals surface area contributed by atoms with Gasteiger partial charge in [0, 0.05) is 6.61 Å². The van der Waals surface area contributed by atoms with Gasteiger partial charge in [-0.2, -0.15) is 0 Å². The molecule has 0 bridgehead atoms. The first kappa shape index (κ1) is 22.1. The lowest BCUT2D eigenvalue weighted by Gasteiger charge is -2.24. The zero-order valence-electron chi connectivity index (χ0n) is 16.2. The van der Waals surface area contributed by atoms with Crippen LogP contribution in [0, 0.1) is 5.92 Å². The van der Waals surface area contributed by atoms with Gasteiger partial charge in [0.2, 0.25) is 9.84 Å². The Hall–Kier alpha value is -2.18. The Morgan fingerprint density at radius 2 is 1.61 bits per heavy atom. The smallest absolute Gasteiger partial charge is 0.310 e. The molecule has 0 saturated heterocycles. The number of benzene rings is 2. The number of hydrogen-bond acceptors (Lipinski definition) is 4. The second kappa shape index (κ2) is 11.0. The lowest BCUT2D eigenvalue weighted by atomic mass is 10.00. The molecule has 0 radical (unpaired) electrons. The van der Waals surface area contributed by atoms with Crippen molar-refractivity contribution in [3.63, 3.8) is 0 Å². The van der Waals surface area contributed by atoms with Gasteiger partial charge < -0.3 is 9.84 Å². The molecule has 152 valence electrons. The monoisotopic (exact) mass is 404 g/mol. The topological polar surface area (TPSA) is 80.7 Å². The molecule has 0 fully saturated rings. The summed E-state index contributed by atoms with van der Waals surface area (Å²) < 4.78 is 31.9. The Morgan fingerprint density at radius 1 is 1.00 bits per heavy atom. The summed E-state index contributed by atoms with van der Waals surface area (Å²) >= 11 is 0. The Balaban J connectivity index is 2.20. The van der Waals surface area contributed by atoms with Crippen LogP contribution in [0.25, 0.3) is 0 Å². The van der Waals surface area contributed by atoms with Crippen LogP contribution < -0.4 is 0 Å². The summed E-state index contributed by atoms with van der Waals surface area (Å²) in [5, 5.41) is 9.76. The Morgan fingerprint density at radius 3 is 2.18 bits per heavy atom. The lowest BCUT2D eigenvalue weighted by Crippen LogP contribution is -2.38. The highest BCUT2D eigenvalue weighted by atomic mass is 32.2. The van der Waals surface area contributed by atoms with E-state index < -0.39 is 27.2 Å². The number of carbonyl (C=O) groups is 1. The molecular weight excluding hydrogens is 376 g/mol. The maximum atomic E-state index is 13.1. The summed E-state index contributed by atoms with van der Waals surface area (Å²) in [7, 11) is -3.92. The molecule has 2 atom stereocenters. The van der Waals surface area contributed by atoms with E-state index in [9.17, 15) is 18.3 Å². The van der Waals surface area contributed by atoms with Crippen LogP contribution in [-0.4, -0.2) is 31.5 Å². The van der Waals surface area contributed by atoms with E-state index in [-0.39, 0.29) is 17.9 Å². The number of ether oxygens (including phenoxy) is 1. The molecular formula is C22H28O5S. The molecule has 0 aliphatic rings. The fraction of sp³-hybridized carbons (Fsp3) is 0.409. The van der Waals surface area contributed by atoms with Gasteiger partial charge in [-0.3, -0.25) is 4.79 Å². The van der Waals surface area contributed by atoms with Crippen molar-refractivity contribution >= 4 is 15.8 Å². The first-order valence-electron chi connectivity index (χ1n) is 9.64. The number of hydrogen-bond donors (Lipinski definition) is 1. The standard InChI is InChI=1S/C22H28O5S/c1-2-3-17-27-22(28(25,26)19-14-8-5-9-15-19)20(21(23)24)16-10-13-18-11-6-4-7-12-18/h4-9,11-12,14-15,20,22H,2-3,10,13,16-17H2,1H3,(H,23,24). The Bertz CT molecular complexity index is 819. The maximum Gasteiger partial charge on any atom is 0.310 e. The molecule has 1 N–H and O–H groups in total. The fourth-order valence-corrected chi connectivity index (χ4v) is 4.82. The summed E-state index contributed by atoms with van der Waals surface area (Å²) in [4.78, 5) is 12.0. The second-order valence-electron chi connectivity index (χ2n) is 6.77. The van der Waals surface area contributed by atoms with Crippen LogP contribution in [0.1, 0.15) is 38.2 Å². The van der Waals surface area contributed by atoms with Crippen molar-refractivity contribution in [2.45, 2.75) is 49.4 Å². The normalized spacial score (nSPS) is 13.8. The van der Waals surface area contributed by atoms with Crippen molar-refractivity contribution in [1.29, 1.82) is 0 Å². The Kier molecular flexibility index (Phi) is 8.67. The van der Waals surface area contributed by atoms with E-state index in [1.165, 1.54) is 12.1 Å². The summed E-state index contributed by atoms with van der Waals surface area (Å²) in [5.74, 6) is -2.26. The van der Waals surface area contributed by atoms with Crippen LogP contribution in [0.3, 0.4) is 0 Å². The lowest BCUT2D eigenvalue weighted by molar-refractivity contribution is -0.145. The van der Waals surface area contributed by atoms with Crippen molar-refractivity contribution in [3.05, 3.63) is 66.2 Å². The van der Waals surface area contributed by atoms with Crippen LogP contribution in [0.2, 0.25) is 0 Å². The predicted octanol–water partition coefficient (Wildman–Crippen LogP) is 4.33. The highest BCUT2D eigenvalue weighted by Crippen LogP contribution is 2.27. The van der Waals surface area contributed by atoms with Gasteiger partial charge in [0.05, 0.1) is 10.8 Å². The van der Waals surface area contributed by atoms with Crippen LogP contribution in [0.4, 0.5) is 0 Å². The van der Waals surface area contributed by atoms with Crippen molar-refractivity contribution < 1.29 is 23.1 Å². The van der Waals surface area contributed by atoms with E-state index in [0.717, 1.165) is 12.0 Å². The van der Waals surface area contributed by atoms with E-state index in [1.807, 2.05) is 37.3 Å². The predicted molar refractivity (Wildman–Crippen MR) is 109 cm³/mol. The number of aryl methyl sites for hydroxylation is 1. The molecule has 0 aromatic heterocycles. The summed E-state index contributed by atoms with van der Waals surface area (Å²) in [6.45, 7) is 2.19. The van der Waals surface area contributed by atoms with Crippen molar-refractivity contribution in [2.75, 3.05) is 6.61 Å². The second-order valence-corrected chi connectivity index (χ2v) is 8.80. The average Bonchev–Trinajstić information content (AvgIpc) is 2.70. The molecule has 28 heavy (non-hydrogen) atoms. The van der Waals surface area contributed by atoms with Crippen LogP contribution in [0.15, 0.2) is 65.6 Å². The molecule has 5 nitrogen and oxygen atoms in total. The largest absolute Gasteiger partial charge is 0.481 e. The highest BCUT2D eigenvalue weighted by Gasteiger charge is 2.39. The molecule has 0 aliphatic carbocycles. The van der Waals surface area contributed by atoms with E-state index in [2.05, 4.69) is 0 Å². The third-order valence-corrected chi connectivity index (χ3v) is 6.63. The minimum atomic E-state index is -3.92. The van der Waals surface area contributed by atoms with Gasteiger partial charge in [0.1, 0.15) is 0 Å². The quantitative estimate of drug-likeness (QED) is 0.533. The molecule has 0 saturated carbocycles. The number of sulfone groups is 1. The third kappa shape index (κ3) is 6.17. The molecule has 6 heteroatoms. The van der Waals surface area contributed by atoms with Crippen molar-refractivity contribution in [3.8, 4) is 0 Å². The SMILES string of the molecule is CCCCOC(C(CCCc1ccccc1)C(=O)O)S(=O)(=O)c1ccccc1. The van der Waals surface area contributed by atoms with Crippen LogP contribution >= 0.6 is 0 Å². The average molecular weight is 405 g/mol. The molecule has 0 amide bonds. The minimum absolute atomic E-state index is 0.0887. The summed E-state index contributed by atoms with van der Waals surface area (Å²) in [6.07, 6.45) is 3.00. The number of carboxylic acids is 1. The van der Waals surface area contributed by atoms with Gasteiger partial charge in [-0.25, -0.2) is 8.42 Å². The van der Waals surface area contributed by atoms with Gasteiger partial charge in [-0.15, -0.1) is 0 Å². The zero-order valence-corrected chi connectivity index (χ0v) is 17.0. The van der Waals surface area contributed by atoms with E-state index in [0.29, 0.717) is 19.3 Å². The van der Waals surface area contributed by atoms with Gasteiger partial charge in [0.15, 0.2) is 5.44 Å². The molecule has 2 unspecified atom stereocenters. The van der Waals surface area contributed by atoms with Gasteiger partial charge in [0.25, 0.3) is 0 Å².